The van der Waals surface area contributed by atoms with Crippen LogP contribution in [0.4, 0.5) is 0 Å². The molecule has 11 nitrogen and oxygen atoms in total. The third-order valence-electron chi connectivity index (χ3n) is 6.11. The fourth-order valence-electron chi connectivity index (χ4n) is 4.01. The molecule has 0 spiro atoms. The van der Waals surface area contributed by atoms with Gasteiger partial charge in [-0.2, -0.15) is 0 Å². The first kappa shape index (κ1) is 25.0. The van der Waals surface area contributed by atoms with Gasteiger partial charge in [0.2, 0.25) is 0 Å². The predicted molar refractivity (Wildman–Crippen MR) is 128 cm³/mol. The molecule has 1 aliphatic rings. The summed E-state index contributed by atoms with van der Waals surface area (Å²) in [6.07, 6.45) is 4.98. The normalized spacial score (nSPS) is 17.0. The summed E-state index contributed by atoms with van der Waals surface area (Å²) in [7, 11) is -2.06. The number of ether oxygens (including phenoxy) is 3. The molecule has 188 valence electrons. The van der Waals surface area contributed by atoms with Crippen molar-refractivity contribution in [1.82, 2.24) is 29.7 Å². The maximum absolute atomic E-state index is 13.5. The maximum atomic E-state index is 13.5. The Labute approximate surface area is 204 Å². The summed E-state index contributed by atoms with van der Waals surface area (Å²) < 4.78 is 45.8. The van der Waals surface area contributed by atoms with E-state index in [1.54, 1.807) is 43.3 Å². The summed E-state index contributed by atoms with van der Waals surface area (Å²) in [6, 6.07) is 1.41. The maximum Gasteiger partial charge on any atom is 0.257 e. The smallest absolute Gasteiger partial charge is 0.257 e. The lowest BCUT2D eigenvalue weighted by Crippen LogP contribution is -2.29. The van der Waals surface area contributed by atoms with Crippen molar-refractivity contribution in [3.63, 3.8) is 0 Å². The van der Waals surface area contributed by atoms with Gasteiger partial charge in [0, 0.05) is 31.6 Å². The summed E-state index contributed by atoms with van der Waals surface area (Å²) in [5, 5.41) is 7.91. The van der Waals surface area contributed by atoms with Gasteiger partial charge in [-0.15, -0.1) is 10.2 Å². The van der Waals surface area contributed by atoms with Gasteiger partial charge >= 0.3 is 0 Å². The molecular formula is C23H30N6O5S. The Bertz CT molecular complexity index is 1280. The zero-order chi connectivity index (χ0) is 25.2. The van der Waals surface area contributed by atoms with E-state index >= 15 is 0 Å². The molecule has 0 fully saturated rings. The van der Waals surface area contributed by atoms with Gasteiger partial charge in [0.25, 0.3) is 5.88 Å². The van der Waals surface area contributed by atoms with Crippen LogP contribution < -0.4 is 9.47 Å². The molecule has 35 heavy (non-hydrogen) atoms. The van der Waals surface area contributed by atoms with Crippen LogP contribution in [0.5, 0.6) is 11.6 Å². The molecule has 12 heteroatoms. The standard InChI is InChI=1S/C23H30N6O5S/c1-6-33-23-20-18(7-8-24-23)22-28-27-19(29(22)17(11-32-5)12-34-20)13-35(30,31)16(4)15(3)21-25-9-14(2)10-26-21/h7-10,15-17H,6,11-13H2,1-5H3/t15-,16-,17-/m0/s1. The Kier molecular flexibility index (Phi) is 7.31. The zero-order valence-corrected chi connectivity index (χ0v) is 21.3. The molecule has 3 aromatic heterocycles. The van der Waals surface area contributed by atoms with Crippen molar-refractivity contribution in [3.8, 4) is 23.0 Å². The highest BCUT2D eigenvalue weighted by Gasteiger charge is 2.35. The summed E-state index contributed by atoms with van der Waals surface area (Å²) in [5.41, 5.74) is 1.55. The van der Waals surface area contributed by atoms with Crippen molar-refractivity contribution >= 4 is 9.84 Å². The van der Waals surface area contributed by atoms with E-state index in [4.69, 9.17) is 14.2 Å². The number of aryl methyl sites for hydroxylation is 1. The van der Waals surface area contributed by atoms with Crippen molar-refractivity contribution in [2.45, 2.75) is 50.7 Å². The van der Waals surface area contributed by atoms with Crippen molar-refractivity contribution in [2.24, 2.45) is 0 Å². The Morgan fingerprint density at radius 1 is 1.20 bits per heavy atom. The molecule has 0 saturated heterocycles. The van der Waals surface area contributed by atoms with Crippen molar-refractivity contribution < 1.29 is 22.6 Å². The summed E-state index contributed by atoms with van der Waals surface area (Å²) in [4.78, 5) is 12.9. The third kappa shape index (κ3) is 4.98. The number of pyridine rings is 1. The molecule has 0 N–H and O–H groups in total. The first-order valence-electron chi connectivity index (χ1n) is 11.4. The van der Waals surface area contributed by atoms with Crippen LogP contribution in [0.2, 0.25) is 0 Å². The average molecular weight is 503 g/mol. The molecule has 0 amide bonds. The van der Waals surface area contributed by atoms with Crippen LogP contribution in [-0.4, -0.2) is 70.3 Å². The predicted octanol–water partition coefficient (Wildman–Crippen LogP) is 2.52. The second-order valence-electron chi connectivity index (χ2n) is 8.58. The number of fused-ring (bicyclic) bond motifs is 3. The molecular weight excluding hydrogens is 472 g/mol. The van der Waals surface area contributed by atoms with Gasteiger partial charge in [-0.05, 0) is 32.4 Å². The van der Waals surface area contributed by atoms with Gasteiger partial charge in [-0.1, -0.05) is 6.92 Å². The lowest BCUT2D eigenvalue weighted by atomic mass is 10.1. The summed E-state index contributed by atoms with van der Waals surface area (Å²) in [6.45, 7) is 8.16. The van der Waals surface area contributed by atoms with E-state index < -0.39 is 21.0 Å². The average Bonchev–Trinajstić information content (AvgIpc) is 3.16. The quantitative estimate of drug-likeness (QED) is 0.430. The minimum absolute atomic E-state index is 0.216. The number of hydrogen-bond acceptors (Lipinski definition) is 10. The summed E-state index contributed by atoms with van der Waals surface area (Å²) in [5.74, 6) is 1.40. The van der Waals surface area contributed by atoms with E-state index in [1.807, 2.05) is 20.8 Å². The van der Waals surface area contributed by atoms with Crippen molar-refractivity contribution in [1.29, 1.82) is 0 Å². The third-order valence-corrected chi connectivity index (χ3v) is 8.32. The first-order chi connectivity index (χ1) is 16.8. The summed E-state index contributed by atoms with van der Waals surface area (Å²) >= 11 is 0. The fraction of sp³-hybridized carbons (Fsp3) is 0.522. The van der Waals surface area contributed by atoms with Crippen molar-refractivity contribution in [2.75, 3.05) is 26.9 Å². The fourth-order valence-corrected chi connectivity index (χ4v) is 5.58. The second kappa shape index (κ2) is 10.2. The highest BCUT2D eigenvalue weighted by Crippen LogP contribution is 2.40. The highest BCUT2D eigenvalue weighted by molar-refractivity contribution is 7.91. The largest absolute Gasteiger partial charge is 0.485 e. The van der Waals surface area contributed by atoms with Crippen LogP contribution in [0.25, 0.3) is 11.4 Å². The van der Waals surface area contributed by atoms with Crippen LogP contribution in [0.15, 0.2) is 24.7 Å². The van der Waals surface area contributed by atoms with E-state index in [2.05, 4.69) is 25.1 Å². The molecule has 0 aromatic carbocycles. The molecule has 0 aliphatic carbocycles. The van der Waals surface area contributed by atoms with Gasteiger partial charge < -0.3 is 18.8 Å². The molecule has 4 rings (SSSR count). The van der Waals surface area contributed by atoms with Crippen LogP contribution in [0, 0.1) is 6.92 Å². The van der Waals surface area contributed by atoms with Crippen LogP contribution in [-0.2, 0) is 20.3 Å². The van der Waals surface area contributed by atoms with Gasteiger partial charge in [-0.25, -0.2) is 23.4 Å². The zero-order valence-electron chi connectivity index (χ0n) is 20.5. The molecule has 1 aliphatic heterocycles. The molecule has 0 saturated carbocycles. The number of hydrogen-bond donors (Lipinski definition) is 0. The van der Waals surface area contributed by atoms with Crippen LogP contribution in [0.3, 0.4) is 0 Å². The molecule has 0 unspecified atom stereocenters. The van der Waals surface area contributed by atoms with Gasteiger partial charge in [-0.3, -0.25) is 0 Å². The number of methoxy groups -OCH3 is 1. The second-order valence-corrected chi connectivity index (χ2v) is 10.9. The van der Waals surface area contributed by atoms with Gasteiger partial charge in [0.15, 0.2) is 21.4 Å². The number of sulfone groups is 1. The van der Waals surface area contributed by atoms with Gasteiger partial charge in [0.1, 0.15) is 24.0 Å². The molecule has 3 atom stereocenters. The minimum Gasteiger partial charge on any atom is -0.485 e. The topological polar surface area (TPSA) is 131 Å². The first-order valence-corrected chi connectivity index (χ1v) is 13.2. The van der Waals surface area contributed by atoms with E-state index in [0.29, 0.717) is 41.3 Å². The Hall–Kier alpha value is -3.12. The Balaban J connectivity index is 1.70. The van der Waals surface area contributed by atoms with Crippen LogP contribution >= 0.6 is 0 Å². The number of rotatable bonds is 9. The SMILES string of the molecule is CCOc1nccc2c1OC[C@H](COC)n1c(CS(=O)(=O)[C@@H](C)[C@H](C)c3ncc(C)cn3)nnc1-2. The van der Waals surface area contributed by atoms with E-state index in [-0.39, 0.29) is 25.0 Å². The van der Waals surface area contributed by atoms with Crippen LogP contribution in [0.1, 0.15) is 49.9 Å². The minimum atomic E-state index is -3.64. The molecule has 4 heterocycles. The molecule has 0 bridgehead atoms. The monoisotopic (exact) mass is 502 g/mol. The highest BCUT2D eigenvalue weighted by atomic mass is 32.2. The Morgan fingerprint density at radius 2 is 1.94 bits per heavy atom. The number of aromatic nitrogens is 6. The number of nitrogens with zero attached hydrogens (tertiary/aromatic N) is 6. The lowest BCUT2D eigenvalue weighted by molar-refractivity contribution is 0.122. The van der Waals surface area contributed by atoms with E-state index in [1.165, 1.54) is 0 Å². The van der Waals surface area contributed by atoms with E-state index in [0.717, 1.165) is 5.56 Å². The molecule has 3 aromatic rings. The molecule has 0 radical (unpaired) electrons. The van der Waals surface area contributed by atoms with Gasteiger partial charge in [0.05, 0.1) is 30.1 Å². The Morgan fingerprint density at radius 3 is 2.63 bits per heavy atom. The van der Waals surface area contributed by atoms with E-state index in [9.17, 15) is 8.42 Å². The van der Waals surface area contributed by atoms with Crippen molar-refractivity contribution in [3.05, 3.63) is 41.9 Å². The lowest BCUT2D eigenvalue weighted by Gasteiger charge is -2.21.